The van der Waals surface area contributed by atoms with Crippen molar-refractivity contribution in [3.63, 3.8) is 0 Å². The highest BCUT2D eigenvalue weighted by atomic mass is 16.5. The maximum Gasteiger partial charge on any atom is 0.245 e. The Morgan fingerprint density at radius 2 is 1.86 bits per heavy atom. The van der Waals surface area contributed by atoms with Crippen LogP contribution >= 0.6 is 0 Å². The third-order valence-electron chi connectivity index (χ3n) is 8.74. The molecule has 0 saturated carbocycles. The zero-order valence-electron chi connectivity index (χ0n) is 21.5. The summed E-state index contributed by atoms with van der Waals surface area (Å²) in [6.45, 7) is 12.3. The molecule has 1 spiro atoms. The summed E-state index contributed by atoms with van der Waals surface area (Å²) in [5, 5.41) is 16.1. The fourth-order valence-electron chi connectivity index (χ4n) is 6.80. The van der Waals surface area contributed by atoms with Crippen molar-refractivity contribution in [1.82, 2.24) is 20.4 Å². The lowest BCUT2D eigenvalue weighted by molar-refractivity contribution is -0.151. The Kier molecular flexibility index (Phi) is 7.76. The first kappa shape index (κ1) is 26.3. The highest BCUT2D eigenvalue weighted by molar-refractivity contribution is 5.99. The van der Waals surface area contributed by atoms with Gasteiger partial charge in [0.2, 0.25) is 17.7 Å². The zero-order chi connectivity index (χ0) is 25.4. The van der Waals surface area contributed by atoms with Gasteiger partial charge in [-0.1, -0.05) is 20.8 Å². The van der Waals surface area contributed by atoms with Crippen molar-refractivity contribution < 1.29 is 29.0 Å². The van der Waals surface area contributed by atoms with Crippen LogP contribution in [0.5, 0.6) is 0 Å². The first-order valence-electron chi connectivity index (χ1n) is 13.2. The molecule has 198 valence electrons. The molecule has 7 atom stereocenters. The van der Waals surface area contributed by atoms with Crippen molar-refractivity contribution in [3.05, 3.63) is 0 Å². The molecular formula is C25H42N4O6. The predicted octanol–water partition coefficient (Wildman–Crippen LogP) is -0.257. The highest BCUT2D eigenvalue weighted by Gasteiger charge is 2.80. The highest BCUT2D eigenvalue weighted by Crippen LogP contribution is 2.65. The molecule has 0 aromatic rings. The van der Waals surface area contributed by atoms with Crippen LogP contribution in [0.4, 0.5) is 0 Å². The van der Waals surface area contributed by atoms with E-state index in [1.807, 2.05) is 27.7 Å². The van der Waals surface area contributed by atoms with Crippen LogP contribution in [0.2, 0.25) is 0 Å². The van der Waals surface area contributed by atoms with Crippen molar-refractivity contribution in [1.29, 1.82) is 0 Å². The molecule has 3 amide bonds. The SMILES string of the molecule is CCCNC(=O)[C@@H]1[C@H]2C(=O)N([C@@H](CC)CO)C(C(=O)NCCN3CCOCC3)C23CC(C)[C@@]1(C)O3. The van der Waals surface area contributed by atoms with E-state index >= 15 is 0 Å². The summed E-state index contributed by atoms with van der Waals surface area (Å²) in [6.07, 6.45) is 1.82. The largest absolute Gasteiger partial charge is 0.394 e. The minimum atomic E-state index is -1.08. The lowest BCUT2D eigenvalue weighted by Crippen LogP contribution is -2.58. The lowest BCUT2D eigenvalue weighted by Gasteiger charge is -2.37. The van der Waals surface area contributed by atoms with Crippen LogP contribution in [0.1, 0.15) is 47.0 Å². The molecule has 4 aliphatic rings. The summed E-state index contributed by atoms with van der Waals surface area (Å²) in [7, 11) is 0. The van der Waals surface area contributed by atoms with Gasteiger partial charge in [-0.2, -0.15) is 0 Å². The van der Waals surface area contributed by atoms with E-state index in [-0.39, 0.29) is 30.2 Å². The van der Waals surface area contributed by atoms with Gasteiger partial charge in [0.15, 0.2) is 0 Å². The van der Waals surface area contributed by atoms with E-state index in [1.54, 1.807) is 0 Å². The van der Waals surface area contributed by atoms with Crippen molar-refractivity contribution in [3.8, 4) is 0 Å². The molecule has 4 heterocycles. The van der Waals surface area contributed by atoms with E-state index in [0.717, 1.165) is 19.5 Å². The number of nitrogens with one attached hydrogen (secondary N) is 2. The van der Waals surface area contributed by atoms with Crippen molar-refractivity contribution in [2.24, 2.45) is 17.8 Å². The molecule has 0 radical (unpaired) electrons. The number of rotatable bonds is 10. The Morgan fingerprint density at radius 1 is 1.17 bits per heavy atom. The summed E-state index contributed by atoms with van der Waals surface area (Å²) in [4.78, 5) is 44.8. The number of amides is 3. The number of aliphatic hydroxyl groups excluding tert-OH is 1. The van der Waals surface area contributed by atoms with E-state index in [0.29, 0.717) is 45.7 Å². The Morgan fingerprint density at radius 3 is 2.49 bits per heavy atom. The molecule has 4 rings (SSSR count). The third-order valence-corrected chi connectivity index (χ3v) is 8.74. The minimum Gasteiger partial charge on any atom is -0.394 e. The van der Waals surface area contributed by atoms with Gasteiger partial charge in [-0.15, -0.1) is 0 Å². The van der Waals surface area contributed by atoms with Crippen LogP contribution in [0.3, 0.4) is 0 Å². The van der Waals surface area contributed by atoms with E-state index in [4.69, 9.17) is 9.47 Å². The number of fused-ring (bicyclic) bond motifs is 1. The van der Waals surface area contributed by atoms with Crippen LogP contribution in [0.15, 0.2) is 0 Å². The first-order chi connectivity index (χ1) is 16.7. The lowest BCUT2D eigenvalue weighted by atomic mass is 9.62. The van der Waals surface area contributed by atoms with E-state index in [9.17, 15) is 19.5 Å². The van der Waals surface area contributed by atoms with Crippen LogP contribution in [0.25, 0.3) is 0 Å². The average molecular weight is 495 g/mol. The predicted molar refractivity (Wildman–Crippen MR) is 128 cm³/mol. The van der Waals surface area contributed by atoms with Crippen molar-refractivity contribution in [2.75, 3.05) is 52.5 Å². The number of hydrogen-bond acceptors (Lipinski definition) is 7. The fourth-order valence-corrected chi connectivity index (χ4v) is 6.80. The number of hydrogen-bond donors (Lipinski definition) is 3. The van der Waals surface area contributed by atoms with Gasteiger partial charge in [-0.3, -0.25) is 19.3 Å². The summed E-state index contributed by atoms with van der Waals surface area (Å²) in [5.41, 5.74) is -1.90. The summed E-state index contributed by atoms with van der Waals surface area (Å²) >= 11 is 0. The molecule has 3 N–H and O–H groups in total. The van der Waals surface area contributed by atoms with Crippen LogP contribution in [0, 0.1) is 17.8 Å². The van der Waals surface area contributed by atoms with E-state index < -0.39 is 35.1 Å². The number of nitrogens with zero attached hydrogens (tertiary/aromatic N) is 2. The van der Waals surface area contributed by atoms with Gasteiger partial charge in [0.25, 0.3) is 0 Å². The third kappa shape index (κ3) is 4.26. The molecule has 0 aromatic carbocycles. The molecule has 3 unspecified atom stereocenters. The van der Waals surface area contributed by atoms with Gasteiger partial charge in [0.1, 0.15) is 11.6 Å². The number of ether oxygens (including phenoxy) is 2. The van der Waals surface area contributed by atoms with E-state index in [1.165, 1.54) is 4.90 Å². The van der Waals surface area contributed by atoms with Gasteiger partial charge in [-0.25, -0.2) is 0 Å². The van der Waals surface area contributed by atoms with Gasteiger partial charge in [0, 0.05) is 32.7 Å². The Balaban J connectivity index is 1.63. The molecule has 4 fully saturated rings. The molecule has 4 saturated heterocycles. The topological polar surface area (TPSA) is 120 Å². The number of carbonyl (C=O) groups excluding carboxylic acids is 3. The minimum absolute atomic E-state index is 0.00160. The fraction of sp³-hybridized carbons (Fsp3) is 0.880. The first-order valence-corrected chi connectivity index (χ1v) is 13.2. The summed E-state index contributed by atoms with van der Waals surface area (Å²) < 4.78 is 12.1. The molecule has 10 heteroatoms. The second-order valence-corrected chi connectivity index (χ2v) is 10.7. The quantitative estimate of drug-likeness (QED) is 0.383. The van der Waals surface area contributed by atoms with E-state index in [2.05, 4.69) is 15.5 Å². The van der Waals surface area contributed by atoms with Gasteiger partial charge < -0.3 is 30.1 Å². The molecule has 35 heavy (non-hydrogen) atoms. The Labute approximate surface area is 208 Å². The molecule has 0 aliphatic carbocycles. The number of morpholine rings is 1. The van der Waals surface area contributed by atoms with Crippen molar-refractivity contribution >= 4 is 17.7 Å². The molecule has 2 bridgehead atoms. The molecule has 0 aromatic heterocycles. The smallest absolute Gasteiger partial charge is 0.245 e. The monoisotopic (exact) mass is 494 g/mol. The molecule has 10 nitrogen and oxygen atoms in total. The van der Waals surface area contributed by atoms with Crippen molar-refractivity contribution in [2.45, 2.75) is 70.2 Å². The van der Waals surface area contributed by atoms with Gasteiger partial charge in [-0.05, 0) is 32.1 Å². The Bertz CT molecular complexity index is 816. The zero-order valence-corrected chi connectivity index (χ0v) is 21.5. The van der Waals surface area contributed by atoms with Crippen LogP contribution in [-0.2, 0) is 23.9 Å². The summed E-state index contributed by atoms with van der Waals surface area (Å²) in [5.74, 6) is -2.13. The van der Waals surface area contributed by atoms with Crippen LogP contribution < -0.4 is 10.6 Å². The normalized spacial score (nSPS) is 37.4. The maximum atomic E-state index is 14.0. The number of likely N-dealkylation sites (tertiary alicyclic amines) is 1. The second kappa shape index (κ2) is 10.3. The standard InChI is InChI=1S/C25H42N4O6/c1-5-7-26-21(31)18-19-23(33)29(17(6-2)15-30)20(25(19)14-16(3)24(18,4)35-25)22(32)27-8-9-28-10-12-34-13-11-28/h16-20,30H,5-15H2,1-4H3,(H,26,31)(H,27,32)/t16?,17-,18-,19-,20?,24+,25?/m0/s1. The van der Waals surface area contributed by atoms with Gasteiger partial charge >= 0.3 is 0 Å². The summed E-state index contributed by atoms with van der Waals surface area (Å²) in [6, 6.07) is -1.39. The molecular weight excluding hydrogens is 452 g/mol. The number of carbonyl (C=O) groups is 3. The Hall–Kier alpha value is -1.75. The molecule has 4 aliphatic heterocycles. The van der Waals surface area contributed by atoms with Crippen LogP contribution in [-0.4, -0.2) is 108 Å². The average Bonchev–Trinajstić information content (AvgIpc) is 3.36. The maximum absolute atomic E-state index is 14.0. The van der Waals surface area contributed by atoms with Gasteiger partial charge in [0.05, 0.1) is 43.3 Å². The number of aliphatic hydroxyl groups is 1. The second-order valence-electron chi connectivity index (χ2n) is 10.7.